The molecule has 1 aromatic carbocycles. The van der Waals surface area contributed by atoms with E-state index in [2.05, 4.69) is 10.5 Å². The van der Waals surface area contributed by atoms with Gasteiger partial charge in [-0.2, -0.15) is 5.10 Å². The molecule has 0 saturated heterocycles. The third-order valence-electron chi connectivity index (χ3n) is 2.63. The Morgan fingerprint density at radius 3 is 2.62 bits per heavy atom. The second-order valence-corrected chi connectivity index (χ2v) is 3.64. The average Bonchev–Trinajstić information content (AvgIpc) is 2.39. The molecule has 1 aliphatic rings. The molecule has 16 heavy (non-hydrogen) atoms. The summed E-state index contributed by atoms with van der Waals surface area (Å²) < 4.78 is 10.5. The van der Waals surface area contributed by atoms with E-state index in [0.29, 0.717) is 0 Å². The summed E-state index contributed by atoms with van der Waals surface area (Å²) in [7, 11) is 3.28. The van der Waals surface area contributed by atoms with Crippen LogP contribution in [-0.2, 0) is 0 Å². The molecule has 1 aliphatic heterocycles. The van der Waals surface area contributed by atoms with Gasteiger partial charge in [-0.15, -0.1) is 0 Å². The molecule has 0 aliphatic carbocycles. The molecule has 1 heterocycles. The molecule has 0 saturated carbocycles. The molecule has 0 aromatic heterocycles. The second-order valence-electron chi connectivity index (χ2n) is 3.64. The summed E-state index contributed by atoms with van der Waals surface area (Å²) >= 11 is 0. The first-order valence-electron chi connectivity index (χ1n) is 5.37. The first-order chi connectivity index (χ1) is 7.85. The fourth-order valence-corrected chi connectivity index (χ4v) is 1.77. The standard InChI is InChI=1S/C12H16N2O2/c1-15-11-6-5-9(8-12(11)16-2)10-4-3-7-13-14-10/h5-6,8,13H,3-4,7H2,1-2H3. The Morgan fingerprint density at radius 2 is 2.00 bits per heavy atom. The van der Waals surface area contributed by atoms with Gasteiger partial charge < -0.3 is 14.9 Å². The quantitative estimate of drug-likeness (QED) is 0.844. The smallest absolute Gasteiger partial charge is 0.161 e. The van der Waals surface area contributed by atoms with Crippen molar-refractivity contribution in [2.75, 3.05) is 20.8 Å². The van der Waals surface area contributed by atoms with E-state index >= 15 is 0 Å². The minimum atomic E-state index is 0.744. The van der Waals surface area contributed by atoms with Crippen molar-refractivity contribution in [2.24, 2.45) is 5.10 Å². The predicted octanol–water partition coefficient (Wildman–Crippen LogP) is 1.79. The average molecular weight is 220 g/mol. The molecular weight excluding hydrogens is 204 g/mol. The summed E-state index contributed by atoms with van der Waals surface area (Å²) in [6.07, 6.45) is 2.12. The van der Waals surface area contributed by atoms with Gasteiger partial charge in [-0.05, 0) is 31.0 Å². The van der Waals surface area contributed by atoms with Crippen LogP contribution in [0.5, 0.6) is 11.5 Å². The Balaban J connectivity index is 2.31. The summed E-state index contributed by atoms with van der Waals surface area (Å²) in [5.74, 6) is 1.49. The van der Waals surface area contributed by atoms with E-state index in [-0.39, 0.29) is 0 Å². The Morgan fingerprint density at radius 1 is 1.19 bits per heavy atom. The molecular formula is C12H16N2O2. The zero-order chi connectivity index (χ0) is 11.4. The zero-order valence-corrected chi connectivity index (χ0v) is 9.62. The van der Waals surface area contributed by atoms with Crippen LogP contribution in [0.25, 0.3) is 0 Å². The molecule has 0 amide bonds. The molecule has 0 spiro atoms. The lowest BCUT2D eigenvalue weighted by molar-refractivity contribution is 0.355. The van der Waals surface area contributed by atoms with Gasteiger partial charge in [0.15, 0.2) is 11.5 Å². The Labute approximate surface area is 95.3 Å². The number of nitrogens with zero attached hydrogens (tertiary/aromatic N) is 1. The largest absolute Gasteiger partial charge is 0.493 e. The van der Waals surface area contributed by atoms with Gasteiger partial charge in [0, 0.05) is 12.1 Å². The minimum absolute atomic E-state index is 0.744. The Kier molecular flexibility index (Phi) is 3.29. The van der Waals surface area contributed by atoms with Crippen LogP contribution in [0.4, 0.5) is 0 Å². The molecule has 0 unspecified atom stereocenters. The van der Waals surface area contributed by atoms with E-state index in [9.17, 15) is 0 Å². The molecule has 4 nitrogen and oxygen atoms in total. The van der Waals surface area contributed by atoms with Crippen LogP contribution in [0.2, 0.25) is 0 Å². The molecule has 0 fully saturated rings. The third kappa shape index (κ3) is 2.10. The molecule has 2 rings (SSSR count). The monoisotopic (exact) mass is 220 g/mol. The maximum Gasteiger partial charge on any atom is 0.161 e. The molecule has 1 aromatic rings. The zero-order valence-electron chi connectivity index (χ0n) is 9.62. The fraction of sp³-hybridized carbons (Fsp3) is 0.417. The number of hydrogen-bond acceptors (Lipinski definition) is 4. The number of nitrogens with one attached hydrogen (secondary N) is 1. The van der Waals surface area contributed by atoms with Gasteiger partial charge in [-0.3, -0.25) is 0 Å². The summed E-state index contributed by atoms with van der Waals surface area (Å²) in [5.41, 5.74) is 5.18. The van der Waals surface area contributed by atoms with Crippen molar-refractivity contribution in [1.29, 1.82) is 0 Å². The van der Waals surface area contributed by atoms with Crippen LogP contribution >= 0.6 is 0 Å². The second kappa shape index (κ2) is 4.88. The van der Waals surface area contributed by atoms with E-state index in [4.69, 9.17) is 9.47 Å². The number of benzene rings is 1. The van der Waals surface area contributed by atoms with Crippen molar-refractivity contribution >= 4 is 5.71 Å². The predicted molar refractivity (Wildman–Crippen MR) is 63.3 cm³/mol. The van der Waals surface area contributed by atoms with Crippen molar-refractivity contribution in [3.05, 3.63) is 23.8 Å². The van der Waals surface area contributed by atoms with E-state index in [1.807, 2.05) is 18.2 Å². The van der Waals surface area contributed by atoms with Crippen molar-refractivity contribution in [3.8, 4) is 11.5 Å². The van der Waals surface area contributed by atoms with Gasteiger partial charge in [0.2, 0.25) is 0 Å². The Hall–Kier alpha value is -1.71. The first-order valence-corrected chi connectivity index (χ1v) is 5.37. The SMILES string of the molecule is COc1ccc(C2=NNCCC2)cc1OC. The topological polar surface area (TPSA) is 42.8 Å². The lowest BCUT2D eigenvalue weighted by atomic mass is 10.0. The van der Waals surface area contributed by atoms with Crippen molar-refractivity contribution in [1.82, 2.24) is 5.43 Å². The van der Waals surface area contributed by atoms with Crippen LogP contribution in [0, 0.1) is 0 Å². The van der Waals surface area contributed by atoms with Gasteiger partial charge in [-0.1, -0.05) is 0 Å². The molecule has 0 atom stereocenters. The van der Waals surface area contributed by atoms with Crippen LogP contribution in [0.1, 0.15) is 18.4 Å². The van der Waals surface area contributed by atoms with Gasteiger partial charge >= 0.3 is 0 Å². The first kappa shape index (κ1) is 10.8. The van der Waals surface area contributed by atoms with Crippen molar-refractivity contribution < 1.29 is 9.47 Å². The highest BCUT2D eigenvalue weighted by molar-refractivity contribution is 6.01. The fourth-order valence-electron chi connectivity index (χ4n) is 1.77. The summed E-state index contributed by atoms with van der Waals surface area (Å²) in [6.45, 7) is 0.955. The van der Waals surface area contributed by atoms with Crippen molar-refractivity contribution in [3.63, 3.8) is 0 Å². The summed E-state index contributed by atoms with van der Waals surface area (Å²) in [5, 5.41) is 4.30. The van der Waals surface area contributed by atoms with Crippen molar-refractivity contribution in [2.45, 2.75) is 12.8 Å². The number of hydrazone groups is 1. The number of methoxy groups -OCH3 is 2. The van der Waals surface area contributed by atoms with E-state index in [1.165, 1.54) is 0 Å². The lowest BCUT2D eigenvalue weighted by Gasteiger charge is -2.14. The Bertz CT molecular complexity index is 402. The highest BCUT2D eigenvalue weighted by Gasteiger charge is 2.11. The van der Waals surface area contributed by atoms with Crippen LogP contribution in [0.15, 0.2) is 23.3 Å². The number of ether oxygens (including phenoxy) is 2. The summed E-state index contributed by atoms with van der Waals surface area (Å²) in [6, 6.07) is 5.88. The van der Waals surface area contributed by atoms with Gasteiger partial charge in [0.25, 0.3) is 0 Å². The molecule has 0 radical (unpaired) electrons. The van der Waals surface area contributed by atoms with Gasteiger partial charge in [0.1, 0.15) is 0 Å². The molecule has 4 heteroatoms. The minimum Gasteiger partial charge on any atom is -0.493 e. The normalized spacial score (nSPS) is 15.0. The molecule has 0 bridgehead atoms. The van der Waals surface area contributed by atoms with Crippen LogP contribution in [0.3, 0.4) is 0 Å². The van der Waals surface area contributed by atoms with Gasteiger partial charge in [-0.25, -0.2) is 0 Å². The third-order valence-corrected chi connectivity index (χ3v) is 2.63. The highest BCUT2D eigenvalue weighted by atomic mass is 16.5. The van der Waals surface area contributed by atoms with Crippen LogP contribution < -0.4 is 14.9 Å². The molecule has 1 N–H and O–H groups in total. The lowest BCUT2D eigenvalue weighted by Crippen LogP contribution is -2.19. The van der Waals surface area contributed by atoms with E-state index in [1.54, 1.807) is 14.2 Å². The number of hydrogen-bond donors (Lipinski definition) is 1. The highest BCUT2D eigenvalue weighted by Crippen LogP contribution is 2.28. The maximum absolute atomic E-state index is 5.27. The van der Waals surface area contributed by atoms with E-state index in [0.717, 1.165) is 42.2 Å². The number of rotatable bonds is 3. The van der Waals surface area contributed by atoms with Crippen LogP contribution in [-0.4, -0.2) is 26.5 Å². The summed E-state index contributed by atoms with van der Waals surface area (Å²) in [4.78, 5) is 0. The van der Waals surface area contributed by atoms with Gasteiger partial charge in [0.05, 0.1) is 19.9 Å². The maximum atomic E-state index is 5.27. The molecule has 86 valence electrons. The van der Waals surface area contributed by atoms with E-state index < -0.39 is 0 Å².